The second-order valence-electron chi connectivity index (χ2n) is 6.96. The van der Waals surface area contributed by atoms with Crippen molar-refractivity contribution in [2.45, 2.75) is 60.3 Å². The summed E-state index contributed by atoms with van der Waals surface area (Å²) in [5.41, 5.74) is 6.49. The van der Waals surface area contributed by atoms with E-state index in [1.807, 2.05) is 0 Å². The van der Waals surface area contributed by atoms with Crippen molar-refractivity contribution in [2.24, 2.45) is 11.3 Å². The molecule has 0 N–H and O–H groups in total. The van der Waals surface area contributed by atoms with Crippen LogP contribution in [0.5, 0.6) is 0 Å². The predicted octanol–water partition coefficient (Wildman–Crippen LogP) is 5.66. The van der Waals surface area contributed by atoms with E-state index in [9.17, 15) is 0 Å². The van der Waals surface area contributed by atoms with E-state index in [0.717, 1.165) is 25.0 Å². The lowest BCUT2D eigenvalue weighted by Gasteiger charge is -2.37. The minimum atomic E-state index is 0.179. The Bertz CT molecular complexity index is 567. The molecular formula is C20H29N. The van der Waals surface area contributed by atoms with Crippen LogP contribution in [-0.4, -0.2) is 4.98 Å². The molecule has 0 saturated heterocycles. The van der Waals surface area contributed by atoms with Crippen LogP contribution in [0.3, 0.4) is 0 Å². The fourth-order valence-electron chi connectivity index (χ4n) is 3.28. The number of hydrogen-bond acceptors (Lipinski definition) is 1. The third-order valence-electron chi connectivity index (χ3n) is 5.04. The maximum absolute atomic E-state index is 4.73. The Labute approximate surface area is 130 Å². The van der Waals surface area contributed by atoms with Gasteiger partial charge in [0.25, 0.3) is 0 Å². The summed E-state index contributed by atoms with van der Waals surface area (Å²) >= 11 is 0. The topological polar surface area (TPSA) is 12.9 Å². The Morgan fingerprint density at radius 3 is 2.81 bits per heavy atom. The van der Waals surface area contributed by atoms with Gasteiger partial charge in [-0.2, -0.15) is 0 Å². The van der Waals surface area contributed by atoms with E-state index < -0.39 is 0 Å². The molecule has 0 bridgehead atoms. The van der Waals surface area contributed by atoms with Crippen molar-refractivity contribution in [3.05, 3.63) is 47.3 Å². The highest BCUT2D eigenvalue weighted by Crippen LogP contribution is 2.47. The first-order valence-corrected chi connectivity index (χ1v) is 8.21. The first-order chi connectivity index (χ1) is 9.87. The molecule has 1 nitrogen and oxygen atoms in total. The lowest BCUT2D eigenvalue weighted by atomic mass is 9.68. The molecule has 0 aromatic carbocycles. The molecule has 2 rings (SSSR count). The zero-order valence-electron chi connectivity index (χ0n) is 14.3. The third-order valence-corrected chi connectivity index (χ3v) is 5.04. The summed E-state index contributed by atoms with van der Waals surface area (Å²) in [4.78, 5) is 4.73. The van der Waals surface area contributed by atoms with Crippen LogP contribution in [0.4, 0.5) is 0 Å². The molecule has 1 aromatic heterocycles. The number of rotatable bonds is 4. The van der Waals surface area contributed by atoms with Crippen molar-refractivity contribution in [3.8, 4) is 0 Å². The van der Waals surface area contributed by atoms with Gasteiger partial charge in [-0.3, -0.25) is 4.98 Å². The van der Waals surface area contributed by atoms with E-state index >= 15 is 0 Å². The Kier molecular flexibility index (Phi) is 4.70. The maximum Gasteiger partial charge on any atom is 0.0484 e. The number of aryl methyl sites for hydroxylation is 3. The van der Waals surface area contributed by atoms with Gasteiger partial charge in [-0.25, -0.2) is 0 Å². The van der Waals surface area contributed by atoms with Crippen molar-refractivity contribution >= 4 is 5.57 Å². The van der Waals surface area contributed by atoms with Gasteiger partial charge in [-0.15, -0.1) is 0 Å². The molecular weight excluding hydrogens is 254 g/mol. The molecule has 0 amide bonds. The Morgan fingerprint density at radius 2 is 2.14 bits per heavy atom. The molecule has 21 heavy (non-hydrogen) atoms. The summed E-state index contributed by atoms with van der Waals surface area (Å²) in [6.07, 6.45) is 9.24. The van der Waals surface area contributed by atoms with Crippen LogP contribution in [0.25, 0.3) is 5.57 Å². The van der Waals surface area contributed by atoms with Gasteiger partial charge in [-0.1, -0.05) is 45.9 Å². The molecule has 114 valence electrons. The first kappa shape index (κ1) is 16.0. The van der Waals surface area contributed by atoms with Crippen LogP contribution in [0.1, 0.15) is 62.5 Å². The van der Waals surface area contributed by atoms with E-state index in [1.54, 1.807) is 0 Å². The molecule has 0 saturated carbocycles. The summed E-state index contributed by atoms with van der Waals surface area (Å²) < 4.78 is 0. The van der Waals surface area contributed by atoms with Crippen LogP contribution < -0.4 is 0 Å². The number of hydrogen-bond donors (Lipinski definition) is 0. The van der Waals surface area contributed by atoms with Crippen LogP contribution >= 0.6 is 0 Å². The molecule has 1 aliphatic carbocycles. The van der Waals surface area contributed by atoms with Gasteiger partial charge in [-0.05, 0) is 61.6 Å². The minimum Gasteiger partial charge on any atom is -0.258 e. The smallest absolute Gasteiger partial charge is 0.0484 e. The van der Waals surface area contributed by atoms with E-state index in [1.165, 1.54) is 28.8 Å². The second kappa shape index (κ2) is 6.17. The van der Waals surface area contributed by atoms with Crippen LogP contribution in [0, 0.1) is 25.2 Å². The van der Waals surface area contributed by atoms with Gasteiger partial charge in [0.1, 0.15) is 0 Å². The standard InChI is InChI=1S/C20H29N/c1-7-14(2)9-8-11-20(6)12-10-18-19(17(20)5)15(3)13-16(4)21-18/h8-9,13-14H,5,7,10-12H2,1-4,6H3/b9-8-. The summed E-state index contributed by atoms with van der Waals surface area (Å²) in [5.74, 6) is 0.670. The fourth-order valence-corrected chi connectivity index (χ4v) is 3.28. The van der Waals surface area contributed by atoms with Crippen LogP contribution in [-0.2, 0) is 6.42 Å². The maximum atomic E-state index is 4.73. The number of nitrogens with zero attached hydrogens (tertiary/aromatic N) is 1. The molecule has 1 heterocycles. The Balaban J connectivity index is 2.25. The number of allylic oxidation sites excluding steroid dienone is 3. The summed E-state index contributed by atoms with van der Waals surface area (Å²) in [5, 5.41) is 0. The molecule has 0 aliphatic heterocycles. The van der Waals surface area contributed by atoms with E-state index in [0.29, 0.717) is 5.92 Å². The molecule has 0 fully saturated rings. The normalized spacial score (nSPS) is 23.4. The zero-order valence-corrected chi connectivity index (χ0v) is 14.3. The number of fused-ring (bicyclic) bond motifs is 1. The first-order valence-electron chi connectivity index (χ1n) is 8.21. The third kappa shape index (κ3) is 3.28. The summed E-state index contributed by atoms with van der Waals surface area (Å²) in [6, 6.07) is 2.19. The van der Waals surface area contributed by atoms with Gasteiger partial charge in [0.15, 0.2) is 0 Å². The minimum absolute atomic E-state index is 0.179. The van der Waals surface area contributed by atoms with E-state index in [2.05, 4.69) is 59.4 Å². The van der Waals surface area contributed by atoms with Crippen molar-refractivity contribution in [1.29, 1.82) is 0 Å². The molecule has 1 aromatic rings. The van der Waals surface area contributed by atoms with E-state index in [-0.39, 0.29) is 5.41 Å². The number of pyridine rings is 1. The molecule has 1 aliphatic rings. The van der Waals surface area contributed by atoms with Gasteiger partial charge < -0.3 is 0 Å². The fraction of sp³-hybridized carbons (Fsp3) is 0.550. The SMILES string of the molecule is C=C1c2c(C)cc(C)nc2CCC1(C)C/C=C\C(C)CC. The highest BCUT2D eigenvalue weighted by molar-refractivity contribution is 5.74. The summed E-state index contributed by atoms with van der Waals surface area (Å²) in [6.45, 7) is 15.6. The Morgan fingerprint density at radius 1 is 1.43 bits per heavy atom. The molecule has 2 atom stereocenters. The largest absolute Gasteiger partial charge is 0.258 e. The van der Waals surface area contributed by atoms with E-state index in [4.69, 9.17) is 4.98 Å². The quantitative estimate of drug-likeness (QED) is 0.650. The molecule has 2 unspecified atom stereocenters. The molecule has 0 spiro atoms. The number of aromatic nitrogens is 1. The van der Waals surface area contributed by atoms with Crippen LogP contribution in [0.15, 0.2) is 24.8 Å². The van der Waals surface area contributed by atoms with Gasteiger partial charge in [0.2, 0.25) is 0 Å². The van der Waals surface area contributed by atoms with Crippen molar-refractivity contribution in [3.63, 3.8) is 0 Å². The average molecular weight is 283 g/mol. The van der Waals surface area contributed by atoms with Crippen molar-refractivity contribution in [1.82, 2.24) is 4.98 Å². The highest BCUT2D eigenvalue weighted by atomic mass is 14.7. The second-order valence-corrected chi connectivity index (χ2v) is 6.96. The summed E-state index contributed by atoms with van der Waals surface area (Å²) in [7, 11) is 0. The van der Waals surface area contributed by atoms with Gasteiger partial charge in [0, 0.05) is 17.0 Å². The lowest BCUT2D eigenvalue weighted by Crippen LogP contribution is -2.25. The van der Waals surface area contributed by atoms with Gasteiger partial charge in [0.05, 0.1) is 0 Å². The van der Waals surface area contributed by atoms with Crippen molar-refractivity contribution < 1.29 is 0 Å². The molecule has 0 radical (unpaired) electrons. The molecule has 1 heteroatoms. The zero-order chi connectivity index (χ0) is 15.6. The monoisotopic (exact) mass is 283 g/mol. The predicted molar refractivity (Wildman–Crippen MR) is 92.4 cm³/mol. The van der Waals surface area contributed by atoms with Crippen LogP contribution in [0.2, 0.25) is 0 Å². The van der Waals surface area contributed by atoms with Gasteiger partial charge >= 0.3 is 0 Å². The lowest BCUT2D eigenvalue weighted by molar-refractivity contribution is 0.399. The van der Waals surface area contributed by atoms with Crippen molar-refractivity contribution in [2.75, 3.05) is 0 Å². The average Bonchev–Trinajstić information content (AvgIpc) is 2.42. The highest BCUT2D eigenvalue weighted by Gasteiger charge is 2.34. The Hall–Kier alpha value is -1.37.